The maximum Gasteiger partial charge on any atom is 0.160 e. The van der Waals surface area contributed by atoms with Gasteiger partial charge in [0.2, 0.25) is 0 Å². The number of nitrogens with one attached hydrogen (secondary N) is 1. The van der Waals surface area contributed by atoms with Crippen molar-refractivity contribution >= 4 is 15.7 Å². The molecule has 15 heavy (non-hydrogen) atoms. The van der Waals surface area contributed by atoms with Crippen molar-refractivity contribution in [2.45, 2.75) is 43.4 Å². The highest BCUT2D eigenvalue weighted by Gasteiger charge is 2.34. The first kappa shape index (κ1) is 10.9. The molecular formula is C9H17N3O2S. The van der Waals surface area contributed by atoms with E-state index < -0.39 is 15.1 Å². The van der Waals surface area contributed by atoms with Gasteiger partial charge in [0.1, 0.15) is 11.1 Å². The van der Waals surface area contributed by atoms with Gasteiger partial charge >= 0.3 is 0 Å². The fourth-order valence-corrected chi connectivity index (χ4v) is 3.76. The highest BCUT2D eigenvalue weighted by atomic mass is 32.2. The Kier molecular flexibility index (Phi) is 2.97. The smallest absolute Gasteiger partial charge is 0.160 e. The van der Waals surface area contributed by atoms with Gasteiger partial charge in [-0.25, -0.2) is 14.3 Å². The molecular weight excluding hydrogens is 214 g/mol. The number of nitrogens with zero attached hydrogens (tertiary/aromatic N) is 1. The Morgan fingerprint density at radius 2 is 2.00 bits per heavy atom. The lowest BCUT2D eigenvalue weighted by Gasteiger charge is -2.23. The molecule has 0 aromatic heterocycles. The van der Waals surface area contributed by atoms with Crippen LogP contribution in [-0.4, -0.2) is 31.3 Å². The molecule has 1 heterocycles. The molecule has 1 aliphatic carbocycles. The van der Waals surface area contributed by atoms with Crippen LogP contribution in [0, 0.1) is 0 Å². The number of hydrogen-bond acceptors (Lipinski definition) is 4. The van der Waals surface area contributed by atoms with Crippen molar-refractivity contribution in [1.29, 1.82) is 0 Å². The summed E-state index contributed by atoms with van der Waals surface area (Å²) in [5.74, 6) is 6.09. The van der Waals surface area contributed by atoms with Crippen molar-refractivity contribution < 1.29 is 8.42 Å². The van der Waals surface area contributed by atoms with Crippen LogP contribution in [0.15, 0.2) is 4.99 Å². The predicted octanol–water partition coefficient (Wildman–Crippen LogP) is -0.0221. The molecule has 1 saturated carbocycles. The van der Waals surface area contributed by atoms with Crippen LogP contribution >= 0.6 is 0 Å². The van der Waals surface area contributed by atoms with Crippen LogP contribution in [0.5, 0.6) is 0 Å². The van der Waals surface area contributed by atoms with Gasteiger partial charge in [0.25, 0.3) is 0 Å². The minimum absolute atomic E-state index is 0.267. The fourth-order valence-electron chi connectivity index (χ4n) is 1.88. The quantitative estimate of drug-likeness (QED) is 0.303. The van der Waals surface area contributed by atoms with Crippen LogP contribution in [0.4, 0.5) is 0 Å². The molecule has 2 rings (SSSR count). The number of aliphatic imine (C=N–C) groups is 1. The Balaban J connectivity index is 2.18. The molecule has 6 heteroatoms. The summed E-state index contributed by atoms with van der Waals surface area (Å²) in [5.41, 5.74) is 2.47. The first-order chi connectivity index (χ1) is 7.13. The summed E-state index contributed by atoms with van der Waals surface area (Å²) in [5, 5.41) is -0.489. The van der Waals surface area contributed by atoms with E-state index in [-0.39, 0.29) is 5.75 Å². The number of rotatable bonds is 2. The molecule has 0 spiro atoms. The lowest BCUT2D eigenvalue weighted by atomic mass is 10.2. The Bertz CT molecular complexity index is 360. The van der Waals surface area contributed by atoms with Crippen molar-refractivity contribution in [3.05, 3.63) is 0 Å². The van der Waals surface area contributed by atoms with Crippen molar-refractivity contribution in [3.8, 4) is 0 Å². The van der Waals surface area contributed by atoms with Gasteiger partial charge in [-0.1, -0.05) is 6.42 Å². The van der Waals surface area contributed by atoms with Gasteiger partial charge in [-0.3, -0.25) is 4.99 Å². The van der Waals surface area contributed by atoms with Crippen LogP contribution in [-0.2, 0) is 9.84 Å². The molecule has 0 radical (unpaired) electrons. The molecule has 0 aromatic rings. The van der Waals surface area contributed by atoms with Gasteiger partial charge in [0.05, 0.1) is 11.8 Å². The number of hydrogen-bond donors (Lipinski definition) is 2. The third-order valence-corrected chi connectivity index (χ3v) is 5.08. The van der Waals surface area contributed by atoms with Gasteiger partial charge in [-0.15, -0.1) is 0 Å². The lowest BCUT2D eigenvalue weighted by molar-refractivity contribution is 0.561. The van der Waals surface area contributed by atoms with Crippen molar-refractivity contribution in [1.82, 2.24) is 5.43 Å². The van der Waals surface area contributed by atoms with Gasteiger partial charge in [0.15, 0.2) is 9.84 Å². The number of amidine groups is 1. The fraction of sp³-hybridized carbons (Fsp3) is 0.889. The normalized spacial score (nSPS) is 31.3. The summed E-state index contributed by atoms with van der Waals surface area (Å²) >= 11 is 0. The molecule has 1 aliphatic heterocycles. The van der Waals surface area contributed by atoms with Crippen LogP contribution < -0.4 is 11.3 Å². The molecule has 2 aliphatic rings. The van der Waals surface area contributed by atoms with Gasteiger partial charge in [-0.05, 0) is 25.7 Å². The monoisotopic (exact) mass is 231 g/mol. The average molecular weight is 231 g/mol. The van der Waals surface area contributed by atoms with Crippen molar-refractivity contribution in [2.24, 2.45) is 10.8 Å². The molecule has 0 bridgehead atoms. The van der Waals surface area contributed by atoms with Crippen molar-refractivity contribution in [3.63, 3.8) is 0 Å². The molecule has 5 nitrogen and oxygen atoms in total. The van der Waals surface area contributed by atoms with E-state index >= 15 is 0 Å². The second-order valence-corrected chi connectivity index (χ2v) is 6.54. The molecule has 1 atom stereocenters. The summed E-state index contributed by atoms with van der Waals surface area (Å²) in [6, 6.07) is 0.299. The SMILES string of the molecule is NNC(=NC1CC1)C1CCCCS1(=O)=O. The summed E-state index contributed by atoms with van der Waals surface area (Å²) in [4.78, 5) is 4.33. The summed E-state index contributed by atoms with van der Waals surface area (Å²) in [7, 11) is -3.03. The first-order valence-electron chi connectivity index (χ1n) is 5.39. The first-order valence-corrected chi connectivity index (χ1v) is 7.11. The summed E-state index contributed by atoms with van der Waals surface area (Å²) < 4.78 is 23.6. The van der Waals surface area contributed by atoms with Gasteiger partial charge in [-0.2, -0.15) is 0 Å². The lowest BCUT2D eigenvalue weighted by Crippen LogP contribution is -2.46. The highest BCUT2D eigenvalue weighted by Crippen LogP contribution is 2.26. The van der Waals surface area contributed by atoms with E-state index in [0.717, 1.165) is 25.7 Å². The second kappa shape index (κ2) is 4.09. The molecule has 3 N–H and O–H groups in total. The second-order valence-electron chi connectivity index (χ2n) is 4.24. The van der Waals surface area contributed by atoms with Crippen LogP contribution in [0.25, 0.3) is 0 Å². The van der Waals surface area contributed by atoms with E-state index in [4.69, 9.17) is 5.84 Å². The molecule has 1 unspecified atom stereocenters. The van der Waals surface area contributed by atoms with E-state index in [1.165, 1.54) is 0 Å². The molecule has 0 aromatic carbocycles. The zero-order valence-corrected chi connectivity index (χ0v) is 9.46. The van der Waals surface area contributed by atoms with Crippen molar-refractivity contribution in [2.75, 3.05) is 5.75 Å². The largest absolute Gasteiger partial charge is 0.311 e. The summed E-state index contributed by atoms with van der Waals surface area (Å²) in [6.45, 7) is 0. The molecule has 86 valence electrons. The Labute approximate surface area is 90.0 Å². The standard InChI is InChI=1S/C9H17N3O2S/c10-12-9(11-7-4-5-7)8-3-1-2-6-15(8,13)14/h7-8H,1-6,10H2,(H,11,12). The van der Waals surface area contributed by atoms with Gasteiger partial charge < -0.3 is 5.43 Å². The third-order valence-electron chi connectivity index (χ3n) is 2.90. The Hall–Kier alpha value is -0.620. The number of nitrogens with two attached hydrogens (primary N) is 1. The van der Waals surface area contributed by atoms with E-state index in [2.05, 4.69) is 10.4 Å². The average Bonchev–Trinajstić information content (AvgIpc) is 2.98. The van der Waals surface area contributed by atoms with Gasteiger partial charge in [0, 0.05) is 0 Å². The Morgan fingerprint density at radius 1 is 1.27 bits per heavy atom. The van der Waals surface area contributed by atoms with E-state index in [1.54, 1.807) is 0 Å². The van der Waals surface area contributed by atoms with Crippen LogP contribution in [0.2, 0.25) is 0 Å². The zero-order chi connectivity index (χ0) is 10.9. The maximum atomic E-state index is 11.8. The van der Waals surface area contributed by atoms with E-state index in [1.807, 2.05) is 0 Å². The van der Waals surface area contributed by atoms with E-state index in [0.29, 0.717) is 18.3 Å². The molecule has 0 amide bonds. The highest BCUT2D eigenvalue weighted by molar-refractivity contribution is 7.92. The molecule has 2 fully saturated rings. The summed E-state index contributed by atoms with van der Waals surface area (Å²) in [6.07, 6.45) is 4.46. The minimum atomic E-state index is -3.03. The number of sulfone groups is 1. The Morgan fingerprint density at radius 3 is 2.53 bits per heavy atom. The maximum absolute atomic E-state index is 11.8. The van der Waals surface area contributed by atoms with Crippen LogP contribution in [0.1, 0.15) is 32.1 Å². The van der Waals surface area contributed by atoms with E-state index in [9.17, 15) is 8.42 Å². The number of hydrazine groups is 1. The minimum Gasteiger partial charge on any atom is -0.311 e. The topological polar surface area (TPSA) is 84.5 Å². The third kappa shape index (κ3) is 2.49. The predicted molar refractivity (Wildman–Crippen MR) is 59.2 cm³/mol. The zero-order valence-electron chi connectivity index (χ0n) is 8.65. The molecule has 1 saturated heterocycles. The van der Waals surface area contributed by atoms with Crippen LogP contribution in [0.3, 0.4) is 0 Å².